The lowest BCUT2D eigenvalue weighted by atomic mass is 9.82. The third-order valence-electron chi connectivity index (χ3n) is 6.03. The van der Waals surface area contributed by atoms with Gasteiger partial charge in [-0.2, -0.15) is 4.98 Å². The van der Waals surface area contributed by atoms with Crippen LogP contribution < -0.4 is 21.0 Å². The zero-order chi connectivity index (χ0) is 28.3. The summed E-state index contributed by atoms with van der Waals surface area (Å²) in [5.41, 5.74) is 2.58. The van der Waals surface area contributed by atoms with Crippen molar-refractivity contribution >= 4 is 13.6 Å². The van der Waals surface area contributed by atoms with Gasteiger partial charge >= 0.3 is 13.4 Å². The number of anilines is 1. The molecule has 5 N–H and O–H groups in total. The largest absolute Gasteiger partial charge is 0.459 e. The predicted octanol–water partition coefficient (Wildman–Crippen LogP) is 2.12. The van der Waals surface area contributed by atoms with Crippen LogP contribution in [0, 0.1) is 11.2 Å². The van der Waals surface area contributed by atoms with E-state index in [1.807, 2.05) is 0 Å². The number of nitrogens with zero attached hydrogens (tertiary/aromatic N) is 2. The second-order valence-corrected chi connectivity index (χ2v) is 11.1. The van der Waals surface area contributed by atoms with E-state index in [1.54, 1.807) is 32.0 Å². The number of rotatable bonds is 12. The monoisotopic (exact) mass is 562 g/mol. The molecule has 4 unspecified atom stereocenters. The Labute approximate surface area is 218 Å². The van der Waals surface area contributed by atoms with E-state index >= 15 is 4.39 Å². The maximum Gasteiger partial charge on any atom is 0.459 e. The Morgan fingerprint density at radius 3 is 2.58 bits per heavy atom. The molecule has 0 aliphatic carbocycles. The highest BCUT2D eigenvalue weighted by atomic mass is 31.2. The van der Waals surface area contributed by atoms with Crippen LogP contribution >= 0.6 is 7.75 Å². The van der Waals surface area contributed by atoms with Crippen LogP contribution in [0.2, 0.25) is 0 Å². The van der Waals surface area contributed by atoms with Crippen LogP contribution in [-0.2, 0) is 18.6 Å². The van der Waals surface area contributed by atoms with E-state index in [0.29, 0.717) is 10.8 Å². The number of alkyl halides is 1. The number of halogens is 2. The molecule has 1 aliphatic rings. The molecular formula is C23H33F2N4O8P. The van der Waals surface area contributed by atoms with Crippen LogP contribution in [0.25, 0.3) is 0 Å². The maximum atomic E-state index is 15.5. The van der Waals surface area contributed by atoms with Gasteiger partial charge in [-0.15, -0.1) is 0 Å². The zero-order valence-electron chi connectivity index (χ0n) is 21.4. The summed E-state index contributed by atoms with van der Waals surface area (Å²) >= 11 is 0. The van der Waals surface area contributed by atoms with Crippen molar-refractivity contribution in [1.82, 2.24) is 14.6 Å². The van der Waals surface area contributed by atoms with E-state index in [-0.39, 0.29) is 11.9 Å². The van der Waals surface area contributed by atoms with Crippen LogP contribution in [0.1, 0.15) is 33.9 Å². The first-order valence-corrected chi connectivity index (χ1v) is 13.4. The van der Waals surface area contributed by atoms with Gasteiger partial charge in [-0.3, -0.25) is 9.09 Å². The van der Waals surface area contributed by atoms with Crippen LogP contribution in [-0.4, -0.2) is 63.7 Å². The van der Waals surface area contributed by atoms with Crippen molar-refractivity contribution in [3.63, 3.8) is 0 Å². The molecule has 1 aromatic heterocycles. The molecule has 0 radical (unpaired) electrons. The summed E-state index contributed by atoms with van der Waals surface area (Å²) in [6.45, 7) is 4.89. The molecule has 3 rings (SSSR count). The first kappa shape index (κ1) is 30.1. The van der Waals surface area contributed by atoms with Crippen molar-refractivity contribution < 1.29 is 42.1 Å². The summed E-state index contributed by atoms with van der Waals surface area (Å²) in [6.07, 6.45) is -6.04. The lowest BCUT2D eigenvalue weighted by Crippen LogP contribution is -2.43. The van der Waals surface area contributed by atoms with Crippen LogP contribution in [0.5, 0.6) is 5.75 Å². The highest BCUT2D eigenvalue weighted by Crippen LogP contribution is 2.49. The fourth-order valence-electron chi connectivity index (χ4n) is 3.75. The van der Waals surface area contributed by atoms with E-state index < -0.39 is 74.5 Å². The SMILES string of the molecule is CC(C)OC(O)[C@H](C)NP(=O)(OC[C@H]1O[C@@H](n2cc(F)c(N)nc2=O)C(F)C1(C)CO)Oc1ccccc1. The smallest absolute Gasteiger partial charge is 0.413 e. The number of benzene rings is 1. The average molecular weight is 563 g/mol. The molecule has 0 bridgehead atoms. The van der Waals surface area contributed by atoms with E-state index in [2.05, 4.69) is 10.1 Å². The van der Waals surface area contributed by atoms with Crippen molar-refractivity contribution in [2.24, 2.45) is 5.41 Å². The standard InChI is InChI=1S/C23H33F2N4O8P/c1-13(2)35-21(31)14(3)28-38(33,37-15-8-6-5-7-9-15)34-11-17-23(4,12-30)18(25)20(36-17)29-10-16(24)19(26)27-22(29)32/h5-10,13-14,17-18,20-21,30-31H,11-12H2,1-4H3,(H,28,33)(H2,26,27,32)/t14-,17+,18?,20+,21?,23?,38?/m0/s1. The van der Waals surface area contributed by atoms with Gasteiger partial charge in [0.2, 0.25) is 0 Å². The molecule has 0 spiro atoms. The van der Waals surface area contributed by atoms with Gasteiger partial charge in [0.1, 0.15) is 5.75 Å². The Hall–Kier alpha value is -2.45. The number of hydrogen-bond donors (Lipinski definition) is 4. The fourth-order valence-corrected chi connectivity index (χ4v) is 5.28. The van der Waals surface area contributed by atoms with Gasteiger partial charge in [-0.05, 0) is 32.9 Å². The van der Waals surface area contributed by atoms with Gasteiger partial charge in [-0.1, -0.05) is 25.1 Å². The van der Waals surface area contributed by atoms with Crippen molar-refractivity contribution in [2.75, 3.05) is 18.9 Å². The van der Waals surface area contributed by atoms with Crippen molar-refractivity contribution in [3.05, 3.63) is 52.8 Å². The topological polar surface area (TPSA) is 167 Å². The lowest BCUT2D eigenvalue weighted by Gasteiger charge is -2.31. The summed E-state index contributed by atoms with van der Waals surface area (Å²) in [4.78, 5) is 15.6. The molecule has 15 heteroatoms. The van der Waals surface area contributed by atoms with Gasteiger partial charge < -0.3 is 29.9 Å². The number of nitrogens with one attached hydrogen (secondary N) is 1. The van der Waals surface area contributed by atoms with Crippen molar-refractivity contribution in [2.45, 2.75) is 64.6 Å². The summed E-state index contributed by atoms with van der Waals surface area (Å²) in [5, 5.41) is 22.9. The first-order valence-electron chi connectivity index (χ1n) is 11.8. The van der Waals surface area contributed by atoms with Gasteiger partial charge in [0.25, 0.3) is 0 Å². The second kappa shape index (κ2) is 12.2. The molecule has 7 atom stereocenters. The number of nitrogen functional groups attached to an aromatic ring is 1. The molecular weight excluding hydrogens is 529 g/mol. The van der Waals surface area contributed by atoms with Gasteiger partial charge in [0, 0.05) is 0 Å². The predicted molar refractivity (Wildman–Crippen MR) is 132 cm³/mol. The van der Waals surface area contributed by atoms with Gasteiger partial charge in [-0.25, -0.2) is 23.2 Å². The maximum absolute atomic E-state index is 15.5. The highest BCUT2D eigenvalue weighted by Gasteiger charge is 2.56. The van der Waals surface area contributed by atoms with Gasteiger partial charge in [0.15, 0.2) is 30.3 Å². The summed E-state index contributed by atoms with van der Waals surface area (Å²) in [7, 11) is -4.28. The third kappa shape index (κ3) is 6.75. The quantitative estimate of drug-likeness (QED) is 0.221. The van der Waals surface area contributed by atoms with E-state index in [4.69, 9.17) is 24.3 Å². The Balaban J connectivity index is 1.85. The molecule has 0 amide bonds. The Morgan fingerprint density at radius 2 is 1.97 bits per heavy atom. The molecule has 1 aromatic carbocycles. The Morgan fingerprint density at radius 1 is 1.32 bits per heavy atom. The van der Waals surface area contributed by atoms with E-state index in [1.165, 1.54) is 26.0 Å². The molecule has 212 valence electrons. The number of aromatic nitrogens is 2. The number of aliphatic hydroxyl groups excluding tert-OH is 2. The highest BCUT2D eigenvalue weighted by molar-refractivity contribution is 7.52. The number of aliphatic hydroxyl groups is 2. The number of hydrogen-bond acceptors (Lipinski definition) is 10. The molecule has 2 aromatic rings. The van der Waals surface area contributed by atoms with Crippen LogP contribution in [0.15, 0.2) is 41.3 Å². The molecule has 0 saturated carbocycles. The molecule has 1 aliphatic heterocycles. The summed E-state index contributed by atoms with van der Waals surface area (Å²) in [5.74, 6) is -1.55. The fraction of sp³-hybridized carbons (Fsp3) is 0.565. The summed E-state index contributed by atoms with van der Waals surface area (Å²) in [6, 6.07) is 7.10. The van der Waals surface area contributed by atoms with Crippen molar-refractivity contribution in [3.8, 4) is 5.75 Å². The van der Waals surface area contributed by atoms with Crippen LogP contribution in [0.4, 0.5) is 14.6 Å². The molecule has 12 nitrogen and oxygen atoms in total. The summed E-state index contributed by atoms with van der Waals surface area (Å²) < 4.78 is 66.1. The minimum Gasteiger partial charge on any atom is -0.413 e. The second-order valence-electron chi connectivity index (χ2n) is 9.44. The molecule has 1 fully saturated rings. The third-order valence-corrected chi connectivity index (χ3v) is 7.70. The van der Waals surface area contributed by atoms with Crippen molar-refractivity contribution in [1.29, 1.82) is 0 Å². The number of nitrogens with two attached hydrogens (primary N) is 1. The lowest BCUT2D eigenvalue weighted by molar-refractivity contribution is -0.138. The normalized spacial score (nSPS) is 26.7. The zero-order valence-corrected chi connectivity index (χ0v) is 22.3. The number of para-hydroxylation sites is 1. The molecule has 1 saturated heterocycles. The molecule has 38 heavy (non-hydrogen) atoms. The Bertz CT molecular complexity index is 1190. The average Bonchev–Trinajstić information content (AvgIpc) is 3.10. The van der Waals surface area contributed by atoms with E-state index in [0.717, 1.165) is 0 Å². The van der Waals surface area contributed by atoms with Gasteiger partial charge in [0.05, 0.1) is 43.1 Å². The number of ether oxygens (including phenoxy) is 2. The first-order chi connectivity index (χ1) is 17.8. The minimum absolute atomic E-state index is 0.170. The molecule has 2 heterocycles. The van der Waals surface area contributed by atoms with E-state index in [9.17, 15) is 24.0 Å². The minimum atomic E-state index is -4.28. The van der Waals surface area contributed by atoms with Crippen LogP contribution in [0.3, 0.4) is 0 Å². The Kier molecular flexibility index (Phi) is 9.63.